The number of hydrogen-bond acceptors (Lipinski definition) is 3. The van der Waals surface area contributed by atoms with Crippen molar-refractivity contribution in [2.45, 2.75) is 52.2 Å². The molecule has 0 aliphatic carbocycles. The molecule has 0 heterocycles. The van der Waals surface area contributed by atoms with Gasteiger partial charge in [0.2, 0.25) is 0 Å². The van der Waals surface area contributed by atoms with Crippen molar-refractivity contribution in [3.63, 3.8) is 0 Å². The van der Waals surface area contributed by atoms with Crippen LogP contribution >= 0.6 is 0 Å². The molecule has 1 amide bonds. The smallest absolute Gasteiger partial charge is 0.407 e. The van der Waals surface area contributed by atoms with Crippen molar-refractivity contribution in [1.29, 1.82) is 0 Å². The molecule has 0 fully saturated rings. The molecule has 128 valence electrons. The van der Waals surface area contributed by atoms with Gasteiger partial charge in [0.15, 0.2) is 0 Å². The van der Waals surface area contributed by atoms with Gasteiger partial charge < -0.3 is 15.4 Å². The second-order valence-electron chi connectivity index (χ2n) is 6.56. The van der Waals surface area contributed by atoms with Crippen molar-refractivity contribution in [1.82, 2.24) is 10.6 Å². The van der Waals surface area contributed by atoms with E-state index in [9.17, 15) is 4.79 Å². The van der Waals surface area contributed by atoms with Crippen LogP contribution in [0.4, 0.5) is 4.79 Å². The van der Waals surface area contributed by atoms with Crippen molar-refractivity contribution < 1.29 is 9.53 Å². The highest BCUT2D eigenvalue weighted by atomic mass is 16.6. The van der Waals surface area contributed by atoms with E-state index in [1.165, 1.54) is 5.56 Å². The van der Waals surface area contributed by atoms with E-state index in [1.807, 2.05) is 39.0 Å². The normalized spacial score (nSPS) is 13.0. The van der Waals surface area contributed by atoms with Crippen LogP contribution < -0.4 is 10.6 Å². The second kappa shape index (κ2) is 10.1. The van der Waals surface area contributed by atoms with Crippen LogP contribution in [0.5, 0.6) is 0 Å². The first kappa shape index (κ1) is 19.2. The Balaban J connectivity index is 2.20. The lowest BCUT2D eigenvalue weighted by molar-refractivity contribution is 0.0534. The number of amides is 1. The highest BCUT2D eigenvalue weighted by Crippen LogP contribution is 2.06. The van der Waals surface area contributed by atoms with Crippen LogP contribution in [-0.2, 0) is 11.2 Å². The van der Waals surface area contributed by atoms with Gasteiger partial charge in [-0.15, -0.1) is 0 Å². The predicted octanol–water partition coefficient (Wildman–Crippen LogP) is 3.68. The molecular formula is C19H30N2O2. The Hall–Kier alpha value is -1.81. The summed E-state index contributed by atoms with van der Waals surface area (Å²) < 4.78 is 5.17. The summed E-state index contributed by atoms with van der Waals surface area (Å²) in [6, 6.07) is 11.0. The average Bonchev–Trinajstić information content (AvgIpc) is 2.48. The Kier molecular flexibility index (Phi) is 8.41. The zero-order chi connectivity index (χ0) is 17.1. The van der Waals surface area contributed by atoms with Crippen LogP contribution in [-0.4, -0.2) is 30.8 Å². The van der Waals surface area contributed by atoms with Gasteiger partial charge in [0.25, 0.3) is 0 Å². The second-order valence-corrected chi connectivity index (χ2v) is 6.56. The zero-order valence-corrected chi connectivity index (χ0v) is 14.8. The van der Waals surface area contributed by atoms with Crippen molar-refractivity contribution in [2.24, 2.45) is 0 Å². The Morgan fingerprint density at radius 1 is 1.17 bits per heavy atom. The maximum absolute atomic E-state index is 11.5. The van der Waals surface area contributed by atoms with Crippen LogP contribution in [0, 0.1) is 0 Å². The number of ether oxygens (including phenoxy) is 1. The zero-order valence-electron chi connectivity index (χ0n) is 14.8. The molecule has 1 unspecified atom stereocenters. The predicted molar refractivity (Wildman–Crippen MR) is 95.6 cm³/mol. The van der Waals surface area contributed by atoms with E-state index in [1.54, 1.807) is 0 Å². The van der Waals surface area contributed by atoms with E-state index in [0.717, 1.165) is 19.4 Å². The fourth-order valence-corrected chi connectivity index (χ4v) is 2.12. The molecule has 1 rings (SSSR count). The lowest BCUT2D eigenvalue weighted by atomic mass is 10.0. The molecule has 0 aliphatic heterocycles. The summed E-state index contributed by atoms with van der Waals surface area (Å²) in [5, 5.41) is 6.22. The van der Waals surface area contributed by atoms with Gasteiger partial charge in [-0.2, -0.15) is 0 Å². The number of carbonyl (C=O) groups is 1. The molecule has 0 spiro atoms. The molecule has 0 saturated heterocycles. The first-order chi connectivity index (χ1) is 10.9. The van der Waals surface area contributed by atoms with E-state index in [0.29, 0.717) is 12.6 Å². The third-order valence-corrected chi connectivity index (χ3v) is 3.27. The van der Waals surface area contributed by atoms with Gasteiger partial charge in [-0.3, -0.25) is 0 Å². The molecule has 0 aromatic heterocycles. The highest BCUT2D eigenvalue weighted by Gasteiger charge is 2.14. The molecule has 1 aromatic carbocycles. The molecule has 23 heavy (non-hydrogen) atoms. The highest BCUT2D eigenvalue weighted by molar-refractivity contribution is 5.67. The summed E-state index contributed by atoms with van der Waals surface area (Å²) >= 11 is 0. The molecule has 0 bridgehead atoms. The first-order valence-corrected chi connectivity index (χ1v) is 8.30. The summed E-state index contributed by atoms with van der Waals surface area (Å²) in [4.78, 5) is 11.5. The van der Waals surface area contributed by atoms with Crippen LogP contribution in [0.3, 0.4) is 0 Å². The largest absolute Gasteiger partial charge is 0.444 e. The van der Waals surface area contributed by atoms with Crippen molar-refractivity contribution in [3.05, 3.63) is 48.0 Å². The topological polar surface area (TPSA) is 50.4 Å². The summed E-state index contributed by atoms with van der Waals surface area (Å²) in [6.07, 6.45) is 5.70. The minimum atomic E-state index is -0.457. The van der Waals surface area contributed by atoms with Crippen molar-refractivity contribution in [3.8, 4) is 0 Å². The summed E-state index contributed by atoms with van der Waals surface area (Å²) in [5.41, 5.74) is 0.892. The molecule has 1 aromatic rings. The van der Waals surface area contributed by atoms with E-state index in [-0.39, 0.29) is 6.09 Å². The van der Waals surface area contributed by atoms with Crippen molar-refractivity contribution in [2.75, 3.05) is 13.1 Å². The third-order valence-electron chi connectivity index (χ3n) is 3.27. The first-order valence-electron chi connectivity index (χ1n) is 8.30. The maximum Gasteiger partial charge on any atom is 0.407 e. The standard InChI is InChI=1S/C19H30N2O2/c1-5-17(15-16-11-7-6-8-12-16)20-13-9-10-14-21-18(22)23-19(2,3)4/h6-12,17,20H,5,13-15H2,1-4H3,(H,21,22)/b10-9+. The van der Waals surface area contributed by atoms with Crippen LogP contribution in [0.15, 0.2) is 42.5 Å². The van der Waals surface area contributed by atoms with Gasteiger partial charge in [-0.25, -0.2) is 4.79 Å². The Labute approximate surface area is 140 Å². The van der Waals surface area contributed by atoms with Gasteiger partial charge in [-0.1, -0.05) is 49.4 Å². The number of rotatable bonds is 8. The third kappa shape index (κ3) is 9.74. The van der Waals surface area contributed by atoms with Crippen LogP contribution in [0.25, 0.3) is 0 Å². The van der Waals surface area contributed by atoms with E-state index >= 15 is 0 Å². The number of hydrogen-bond donors (Lipinski definition) is 2. The molecular weight excluding hydrogens is 288 g/mol. The minimum Gasteiger partial charge on any atom is -0.444 e. The number of nitrogens with one attached hydrogen (secondary N) is 2. The number of carbonyl (C=O) groups excluding carboxylic acids is 1. The molecule has 0 saturated carbocycles. The Bertz CT molecular complexity index is 478. The minimum absolute atomic E-state index is 0.384. The summed E-state index contributed by atoms with van der Waals surface area (Å²) in [6.45, 7) is 9.01. The quantitative estimate of drug-likeness (QED) is 0.719. The van der Waals surface area contributed by atoms with Gasteiger partial charge in [0.1, 0.15) is 5.60 Å². The molecule has 1 atom stereocenters. The van der Waals surface area contributed by atoms with Gasteiger partial charge >= 0.3 is 6.09 Å². The average molecular weight is 318 g/mol. The van der Waals surface area contributed by atoms with Crippen molar-refractivity contribution >= 4 is 6.09 Å². The van der Waals surface area contributed by atoms with Gasteiger partial charge in [-0.05, 0) is 39.2 Å². The Morgan fingerprint density at radius 3 is 2.43 bits per heavy atom. The molecule has 4 nitrogen and oxygen atoms in total. The lowest BCUT2D eigenvalue weighted by Gasteiger charge is -2.19. The van der Waals surface area contributed by atoms with E-state index in [2.05, 4.69) is 41.8 Å². The summed E-state index contributed by atoms with van der Waals surface area (Å²) in [7, 11) is 0. The fraction of sp³-hybridized carbons (Fsp3) is 0.526. The van der Waals surface area contributed by atoms with Gasteiger partial charge in [0, 0.05) is 19.1 Å². The fourth-order valence-electron chi connectivity index (χ4n) is 2.12. The molecule has 0 radical (unpaired) electrons. The monoisotopic (exact) mass is 318 g/mol. The van der Waals surface area contributed by atoms with Crippen LogP contribution in [0.1, 0.15) is 39.7 Å². The lowest BCUT2D eigenvalue weighted by Crippen LogP contribution is -2.33. The number of alkyl carbamates (subject to hydrolysis) is 1. The summed E-state index contributed by atoms with van der Waals surface area (Å²) in [5.74, 6) is 0. The Morgan fingerprint density at radius 2 is 1.83 bits per heavy atom. The SMILES string of the molecule is CCC(Cc1ccccc1)NC/C=C/CNC(=O)OC(C)(C)C. The maximum atomic E-state index is 11.5. The van der Waals surface area contributed by atoms with E-state index < -0.39 is 5.60 Å². The molecule has 2 N–H and O–H groups in total. The van der Waals surface area contributed by atoms with Gasteiger partial charge in [0.05, 0.1) is 0 Å². The van der Waals surface area contributed by atoms with E-state index in [4.69, 9.17) is 4.74 Å². The molecule has 4 heteroatoms. The molecule has 0 aliphatic rings. The number of benzene rings is 1. The van der Waals surface area contributed by atoms with Crippen LogP contribution in [0.2, 0.25) is 0 Å².